The molecule has 1 atom stereocenters. The molecule has 2 aliphatic rings. The smallest absolute Gasteiger partial charge is 0.132 e. The van der Waals surface area contributed by atoms with Gasteiger partial charge in [-0.2, -0.15) is 0 Å². The fraction of sp³-hybridized carbons (Fsp3) is 0.714. The van der Waals surface area contributed by atoms with Crippen LogP contribution < -0.4 is 10.2 Å². The molecule has 2 aliphatic heterocycles. The van der Waals surface area contributed by atoms with Crippen molar-refractivity contribution in [2.24, 2.45) is 0 Å². The van der Waals surface area contributed by atoms with Crippen LogP contribution in [0, 0.1) is 6.92 Å². The Morgan fingerprint density at radius 1 is 1.22 bits per heavy atom. The first-order valence-corrected chi connectivity index (χ1v) is 7.14. The zero-order chi connectivity index (χ0) is 12.4. The van der Waals surface area contributed by atoms with E-state index < -0.39 is 0 Å². The van der Waals surface area contributed by atoms with Gasteiger partial charge < -0.3 is 10.2 Å². The summed E-state index contributed by atoms with van der Waals surface area (Å²) >= 11 is 0. The van der Waals surface area contributed by atoms with Gasteiger partial charge in [0.1, 0.15) is 11.6 Å². The van der Waals surface area contributed by atoms with Crippen LogP contribution in [0.4, 0.5) is 5.82 Å². The molecule has 4 heteroatoms. The Labute approximate surface area is 109 Å². The minimum absolute atomic E-state index is 0.571. The summed E-state index contributed by atoms with van der Waals surface area (Å²) in [6.45, 7) is 6.53. The summed E-state index contributed by atoms with van der Waals surface area (Å²) in [5.74, 6) is 2.63. The minimum Gasteiger partial charge on any atom is -0.357 e. The normalized spacial score (nSPS) is 24.5. The number of hydrogen-bond acceptors (Lipinski definition) is 4. The first-order chi connectivity index (χ1) is 8.83. The molecule has 2 saturated heterocycles. The van der Waals surface area contributed by atoms with Crippen LogP contribution in [0.2, 0.25) is 0 Å². The standard InChI is InChI=1S/C14H22N4/c1-11-16-13(12-5-4-6-15-10-12)9-14(17-11)18-7-2-3-8-18/h9,12,15H,2-8,10H2,1H3/t12-/m0/s1. The van der Waals surface area contributed by atoms with Crippen LogP contribution >= 0.6 is 0 Å². The molecule has 3 rings (SSSR count). The first-order valence-electron chi connectivity index (χ1n) is 7.14. The summed E-state index contributed by atoms with van der Waals surface area (Å²) in [7, 11) is 0. The summed E-state index contributed by atoms with van der Waals surface area (Å²) in [5, 5.41) is 3.47. The van der Waals surface area contributed by atoms with Gasteiger partial charge >= 0.3 is 0 Å². The lowest BCUT2D eigenvalue weighted by Crippen LogP contribution is -2.29. The lowest BCUT2D eigenvalue weighted by molar-refractivity contribution is 0.453. The lowest BCUT2D eigenvalue weighted by Gasteiger charge is -2.24. The maximum Gasteiger partial charge on any atom is 0.132 e. The van der Waals surface area contributed by atoms with Gasteiger partial charge in [-0.25, -0.2) is 9.97 Å². The highest BCUT2D eigenvalue weighted by Crippen LogP contribution is 2.25. The predicted octanol–water partition coefficient (Wildman–Crippen LogP) is 1.85. The molecule has 0 radical (unpaired) electrons. The number of rotatable bonds is 2. The van der Waals surface area contributed by atoms with Crippen LogP contribution in [0.1, 0.15) is 43.1 Å². The Morgan fingerprint density at radius 2 is 2.06 bits per heavy atom. The van der Waals surface area contributed by atoms with E-state index in [4.69, 9.17) is 0 Å². The van der Waals surface area contributed by atoms with E-state index >= 15 is 0 Å². The first kappa shape index (κ1) is 11.9. The van der Waals surface area contributed by atoms with E-state index in [0.717, 1.165) is 37.8 Å². The van der Waals surface area contributed by atoms with Gasteiger partial charge in [0.05, 0.1) is 5.69 Å². The third kappa shape index (κ3) is 2.48. The quantitative estimate of drug-likeness (QED) is 0.864. The van der Waals surface area contributed by atoms with Gasteiger partial charge in [-0.15, -0.1) is 0 Å². The summed E-state index contributed by atoms with van der Waals surface area (Å²) in [4.78, 5) is 11.7. The molecule has 1 aromatic rings. The Morgan fingerprint density at radius 3 is 2.78 bits per heavy atom. The molecule has 0 saturated carbocycles. The van der Waals surface area contributed by atoms with Crippen LogP contribution in [-0.2, 0) is 0 Å². The molecule has 2 fully saturated rings. The number of hydrogen-bond donors (Lipinski definition) is 1. The average Bonchev–Trinajstić information content (AvgIpc) is 2.93. The second-order valence-electron chi connectivity index (χ2n) is 5.44. The van der Waals surface area contributed by atoms with E-state index in [-0.39, 0.29) is 0 Å². The van der Waals surface area contributed by atoms with Gasteiger partial charge in [-0.3, -0.25) is 0 Å². The number of aryl methyl sites for hydroxylation is 1. The van der Waals surface area contributed by atoms with Crippen LogP contribution in [0.15, 0.2) is 6.07 Å². The molecule has 0 amide bonds. The maximum absolute atomic E-state index is 4.65. The number of anilines is 1. The third-order valence-corrected chi connectivity index (χ3v) is 3.99. The zero-order valence-electron chi connectivity index (χ0n) is 11.2. The Kier molecular flexibility index (Phi) is 3.46. The topological polar surface area (TPSA) is 41.1 Å². The molecule has 18 heavy (non-hydrogen) atoms. The van der Waals surface area contributed by atoms with Crippen molar-refractivity contribution in [2.45, 2.75) is 38.5 Å². The second-order valence-corrected chi connectivity index (χ2v) is 5.44. The fourth-order valence-corrected chi connectivity index (χ4v) is 3.00. The summed E-state index contributed by atoms with van der Waals surface area (Å²) in [6.07, 6.45) is 5.10. The van der Waals surface area contributed by atoms with Crippen molar-refractivity contribution in [3.63, 3.8) is 0 Å². The molecule has 0 aliphatic carbocycles. The van der Waals surface area contributed by atoms with Crippen LogP contribution in [-0.4, -0.2) is 36.1 Å². The van der Waals surface area contributed by atoms with Gasteiger partial charge in [-0.1, -0.05) is 0 Å². The van der Waals surface area contributed by atoms with E-state index in [1.165, 1.54) is 31.4 Å². The van der Waals surface area contributed by atoms with Crippen molar-refractivity contribution in [1.82, 2.24) is 15.3 Å². The highest BCUT2D eigenvalue weighted by Gasteiger charge is 2.20. The van der Waals surface area contributed by atoms with Gasteiger partial charge in [0, 0.05) is 31.6 Å². The van der Waals surface area contributed by atoms with E-state index in [0.29, 0.717) is 5.92 Å². The molecule has 98 valence electrons. The van der Waals surface area contributed by atoms with E-state index in [1.54, 1.807) is 0 Å². The fourth-order valence-electron chi connectivity index (χ4n) is 3.00. The number of nitrogens with zero attached hydrogens (tertiary/aromatic N) is 3. The van der Waals surface area contributed by atoms with Crippen LogP contribution in [0.3, 0.4) is 0 Å². The third-order valence-electron chi connectivity index (χ3n) is 3.99. The van der Waals surface area contributed by atoms with E-state index in [9.17, 15) is 0 Å². The van der Waals surface area contributed by atoms with E-state index in [1.807, 2.05) is 6.92 Å². The highest BCUT2D eigenvalue weighted by atomic mass is 15.2. The number of nitrogens with one attached hydrogen (secondary N) is 1. The molecule has 0 spiro atoms. The molecule has 3 heterocycles. The van der Waals surface area contributed by atoms with Crippen molar-refractivity contribution < 1.29 is 0 Å². The van der Waals surface area contributed by atoms with E-state index in [2.05, 4.69) is 26.3 Å². The number of aromatic nitrogens is 2. The summed E-state index contributed by atoms with van der Waals surface area (Å²) in [6, 6.07) is 2.22. The monoisotopic (exact) mass is 246 g/mol. The van der Waals surface area contributed by atoms with Crippen molar-refractivity contribution in [1.29, 1.82) is 0 Å². The second kappa shape index (κ2) is 5.22. The van der Waals surface area contributed by atoms with Gasteiger partial charge in [-0.05, 0) is 39.2 Å². The predicted molar refractivity (Wildman–Crippen MR) is 73.1 cm³/mol. The number of piperidine rings is 1. The van der Waals surface area contributed by atoms with Crippen LogP contribution in [0.5, 0.6) is 0 Å². The molecule has 1 aromatic heterocycles. The molecule has 4 nitrogen and oxygen atoms in total. The van der Waals surface area contributed by atoms with Crippen LogP contribution in [0.25, 0.3) is 0 Å². The van der Waals surface area contributed by atoms with Crippen molar-refractivity contribution >= 4 is 5.82 Å². The molecule has 1 N–H and O–H groups in total. The van der Waals surface area contributed by atoms with Crippen molar-refractivity contribution in [3.8, 4) is 0 Å². The zero-order valence-corrected chi connectivity index (χ0v) is 11.2. The molecular weight excluding hydrogens is 224 g/mol. The van der Waals surface area contributed by atoms with Crippen molar-refractivity contribution in [2.75, 3.05) is 31.1 Å². The average molecular weight is 246 g/mol. The lowest BCUT2D eigenvalue weighted by atomic mass is 9.96. The molecule has 0 unspecified atom stereocenters. The molecule has 0 bridgehead atoms. The van der Waals surface area contributed by atoms with Crippen molar-refractivity contribution in [3.05, 3.63) is 17.6 Å². The highest BCUT2D eigenvalue weighted by molar-refractivity contribution is 5.41. The summed E-state index contributed by atoms with van der Waals surface area (Å²) < 4.78 is 0. The minimum atomic E-state index is 0.571. The maximum atomic E-state index is 4.65. The SMILES string of the molecule is Cc1nc([C@H]2CCCNC2)cc(N2CCCC2)n1. The summed E-state index contributed by atoms with van der Waals surface area (Å²) in [5.41, 5.74) is 1.23. The molecular formula is C14H22N4. The Bertz CT molecular complexity index is 406. The molecule has 0 aromatic carbocycles. The van der Waals surface area contributed by atoms with Gasteiger partial charge in [0.15, 0.2) is 0 Å². The van der Waals surface area contributed by atoms with Gasteiger partial charge in [0.25, 0.3) is 0 Å². The Balaban J connectivity index is 1.84. The largest absolute Gasteiger partial charge is 0.357 e. The Hall–Kier alpha value is -1.16. The van der Waals surface area contributed by atoms with Gasteiger partial charge in [0.2, 0.25) is 0 Å².